The molecule has 0 unspecified atom stereocenters. The van der Waals surface area contributed by atoms with Crippen LogP contribution in [0.15, 0.2) is 53.2 Å². The van der Waals surface area contributed by atoms with Crippen molar-refractivity contribution in [2.24, 2.45) is 4.99 Å². The molecule has 2 aromatic rings. The number of benzene rings is 2. The number of carbonyl (C=O) groups excluding carboxylic acids is 1. The Morgan fingerprint density at radius 3 is 2.52 bits per heavy atom. The van der Waals surface area contributed by atoms with Crippen LogP contribution in [-0.2, 0) is 9.53 Å². The molecule has 8 heteroatoms. The van der Waals surface area contributed by atoms with Gasteiger partial charge in [-0.05, 0) is 48.0 Å². The molecule has 2 aliphatic rings. The minimum Gasteiger partial charge on any atom is -0.486 e. The lowest BCUT2D eigenvalue weighted by Crippen LogP contribution is -2.15. The number of ether oxygens (including phenoxy) is 4. The number of halogens is 2. The first-order valence-electron chi connectivity index (χ1n) is 8.06. The lowest BCUT2D eigenvalue weighted by Gasteiger charge is -2.18. The van der Waals surface area contributed by atoms with E-state index >= 15 is 0 Å². The van der Waals surface area contributed by atoms with Crippen LogP contribution >= 0.6 is 0 Å². The normalized spacial score (nSPS) is 17.1. The Balaban J connectivity index is 1.56. The van der Waals surface area contributed by atoms with E-state index in [0.29, 0.717) is 35.8 Å². The Morgan fingerprint density at radius 2 is 1.78 bits per heavy atom. The summed E-state index contributed by atoms with van der Waals surface area (Å²) in [6.45, 7) is -1.95. The SMILES string of the molecule is O=C1OC(c2ccc(OC(F)F)cc2)=N/C1=C/c1ccc2c(c1)OCCO2. The third kappa shape index (κ3) is 3.74. The molecular formula is C19H13F2NO5. The van der Waals surface area contributed by atoms with Gasteiger partial charge in [-0.3, -0.25) is 0 Å². The van der Waals surface area contributed by atoms with E-state index in [0.717, 1.165) is 0 Å². The van der Waals surface area contributed by atoms with Gasteiger partial charge >= 0.3 is 12.6 Å². The van der Waals surface area contributed by atoms with Crippen LogP contribution < -0.4 is 14.2 Å². The van der Waals surface area contributed by atoms with Gasteiger partial charge in [0, 0.05) is 5.56 Å². The third-order valence-corrected chi connectivity index (χ3v) is 3.82. The van der Waals surface area contributed by atoms with Gasteiger partial charge in [-0.15, -0.1) is 0 Å². The first-order valence-corrected chi connectivity index (χ1v) is 8.06. The molecule has 138 valence electrons. The number of cyclic esters (lactones) is 1. The largest absolute Gasteiger partial charge is 0.486 e. The summed E-state index contributed by atoms with van der Waals surface area (Å²) in [7, 11) is 0. The second-order valence-electron chi connectivity index (χ2n) is 5.64. The predicted molar refractivity (Wildman–Crippen MR) is 91.1 cm³/mol. The molecule has 0 radical (unpaired) electrons. The highest BCUT2D eigenvalue weighted by Gasteiger charge is 2.24. The zero-order valence-electron chi connectivity index (χ0n) is 13.9. The van der Waals surface area contributed by atoms with Crippen molar-refractivity contribution in [3.63, 3.8) is 0 Å². The van der Waals surface area contributed by atoms with Crippen LogP contribution in [0, 0.1) is 0 Å². The van der Waals surface area contributed by atoms with Gasteiger partial charge in [-0.1, -0.05) is 6.07 Å². The molecular weight excluding hydrogens is 360 g/mol. The highest BCUT2D eigenvalue weighted by atomic mass is 19.3. The molecule has 0 N–H and O–H groups in total. The number of nitrogens with zero attached hydrogens (tertiary/aromatic N) is 1. The molecule has 6 nitrogen and oxygen atoms in total. The van der Waals surface area contributed by atoms with Gasteiger partial charge in [-0.2, -0.15) is 8.78 Å². The van der Waals surface area contributed by atoms with Gasteiger partial charge in [-0.25, -0.2) is 9.79 Å². The number of hydrogen-bond donors (Lipinski definition) is 0. The first kappa shape index (κ1) is 17.0. The minimum absolute atomic E-state index is 0.00529. The molecule has 0 saturated heterocycles. The van der Waals surface area contributed by atoms with Crippen LogP contribution in [0.4, 0.5) is 8.78 Å². The molecule has 0 spiro atoms. The number of rotatable bonds is 4. The van der Waals surface area contributed by atoms with Gasteiger partial charge < -0.3 is 18.9 Å². The summed E-state index contributed by atoms with van der Waals surface area (Å²) in [5.41, 5.74) is 1.29. The summed E-state index contributed by atoms with van der Waals surface area (Å²) in [4.78, 5) is 16.3. The van der Waals surface area contributed by atoms with E-state index in [1.807, 2.05) is 0 Å². The summed E-state index contributed by atoms with van der Waals surface area (Å²) < 4.78 is 44.8. The van der Waals surface area contributed by atoms with Crippen LogP contribution in [-0.4, -0.2) is 31.7 Å². The van der Waals surface area contributed by atoms with Crippen molar-refractivity contribution >= 4 is 17.9 Å². The average Bonchev–Trinajstić information content (AvgIpc) is 3.02. The first-order chi connectivity index (χ1) is 13.1. The number of alkyl halides is 2. The highest BCUT2D eigenvalue weighted by molar-refractivity contribution is 6.12. The van der Waals surface area contributed by atoms with E-state index in [-0.39, 0.29) is 17.3 Å². The Hall–Kier alpha value is -3.42. The van der Waals surface area contributed by atoms with Crippen LogP contribution in [0.2, 0.25) is 0 Å². The van der Waals surface area contributed by atoms with Crippen molar-refractivity contribution in [3.8, 4) is 17.2 Å². The molecule has 2 aliphatic heterocycles. The monoisotopic (exact) mass is 373 g/mol. The molecule has 0 saturated carbocycles. The van der Waals surface area contributed by atoms with E-state index in [2.05, 4.69) is 9.73 Å². The van der Waals surface area contributed by atoms with E-state index in [9.17, 15) is 13.6 Å². The predicted octanol–water partition coefficient (Wildman–Crippen LogP) is 3.40. The molecule has 27 heavy (non-hydrogen) atoms. The van der Waals surface area contributed by atoms with Gasteiger partial charge in [0.25, 0.3) is 0 Å². The quantitative estimate of drug-likeness (QED) is 0.607. The van der Waals surface area contributed by atoms with Crippen LogP contribution in [0.1, 0.15) is 11.1 Å². The van der Waals surface area contributed by atoms with Crippen molar-refractivity contribution < 1.29 is 32.5 Å². The van der Waals surface area contributed by atoms with Crippen LogP contribution in [0.3, 0.4) is 0 Å². The van der Waals surface area contributed by atoms with Crippen LogP contribution in [0.5, 0.6) is 17.2 Å². The molecule has 2 aromatic carbocycles. The van der Waals surface area contributed by atoms with E-state index < -0.39 is 12.6 Å². The molecule has 4 rings (SSSR count). The Kier molecular flexibility index (Phi) is 4.45. The van der Waals surface area contributed by atoms with Crippen molar-refractivity contribution in [1.29, 1.82) is 0 Å². The number of fused-ring (bicyclic) bond motifs is 1. The van der Waals surface area contributed by atoms with E-state index in [1.54, 1.807) is 24.3 Å². The smallest absolute Gasteiger partial charge is 0.387 e. The lowest BCUT2D eigenvalue weighted by molar-refractivity contribution is -0.129. The fraction of sp³-hybridized carbons (Fsp3) is 0.158. The second kappa shape index (κ2) is 7.06. The average molecular weight is 373 g/mol. The molecule has 0 bridgehead atoms. The maximum absolute atomic E-state index is 12.2. The number of aliphatic imine (C=N–C) groups is 1. The van der Waals surface area contributed by atoms with E-state index in [1.165, 1.54) is 24.3 Å². The minimum atomic E-state index is -2.90. The summed E-state index contributed by atoms with van der Waals surface area (Å²) >= 11 is 0. The summed E-state index contributed by atoms with van der Waals surface area (Å²) in [6.07, 6.45) is 1.57. The highest BCUT2D eigenvalue weighted by Crippen LogP contribution is 2.32. The summed E-state index contributed by atoms with van der Waals surface area (Å²) in [5, 5.41) is 0. The molecule has 0 atom stereocenters. The summed E-state index contributed by atoms with van der Waals surface area (Å²) in [5.74, 6) is 0.736. The number of carbonyl (C=O) groups is 1. The van der Waals surface area contributed by atoms with Gasteiger partial charge in [0.1, 0.15) is 19.0 Å². The van der Waals surface area contributed by atoms with Gasteiger partial charge in [0.15, 0.2) is 17.2 Å². The summed E-state index contributed by atoms with van der Waals surface area (Å²) in [6, 6.07) is 10.9. The molecule has 0 amide bonds. The lowest BCUT2D eigenvalue weighted by atomic mass is 10.1. The Labute approximate surface area is 152 Å². The van der Waals surface area contributed by atoms with E-state index in [4.69, 9.17) is 14.2 Å². The van der Waals surface area contributed by atoms with Crippen molar-refractivity contribution in [1.82, 2.24) is 0 Å². The second-order valence-corrected chi connectivity index (χ2v) is 5.64. The van der Waals surface area contributed by atoms with Gasteiger partial charge in [0.05, 0.1) is 0 Å². The molecule has 0 aromatic heterocycles. The standard InChI is InChI=1S/C19H13F2NO5/c20-19(21)26-13-4-2-12(3-5-13)17-22-14(18(23)27-17)9-11-1-6-15-16(10-11)25-8-7-24-15/h1-6,9-10,19H,7-8H2/b14-9+. The fourth-order valence-electron chi connectivity index (χ4n) is 2.62. The van der Waals surface area contributed by atoms with Crippen molar-refractivity contribution in [3.05, 3.63) is 59.3 Å². The Morgan fingerprint density at radius 1 is 1.04 bits per heavy atom. The topological polar surface area (TPSA) is 66.4 Å². The molecule has 0 fully saturated rings. The zero-order chi connectivity index (χ0) is 18.8. The Bertz CT molecular complexity index is 938. The molecule has 2 heterocycles. The maximum atomic E-state index is 12.2. The van der Waals surface area contributed by atoms with Crippen molar-refractivity contribution in [2.45, 2.75) is 6.61 Å². The van der Waals surface area contributed by atoms with Gasteiger partial charge in [0.2, 0.25) is 5.90 Å². The van der Waals surface area contributed by atoms with Crippen LogP contribution in [0.25, 0.3) is 6.08 Å². The number of hydrogen-bond acceptors (Lipinski definition) is 6. The maximum Gasteiger partial charge on any atom is 0.387 e. The fourth-order valence-corrected chi connectivity index (χ4v) is 2.62. The zero-order valence-corrected chi connectivity index (χ0v) is 13.9. The molecule has 0 aliphatic carbocycles. The third-order valence-electron chi connectivity index (χ3n) is 3.82. The van der Waals surface area contributed by atoms with Crippen molar-refractivity contribution in [2.75, 3.05) is 13.2 Å². The number of esters is 1.